The first-order valence-electron chi connectivity index (χ1n) is 12.4. The summed E-state index contributed by atoms with van der Waals surface area (Å²) in [4.78, 5) is 30.2. The van der Waals surface area contributed by atoms with Crippen LogP contribution in [-0.2, 0) is 11.8 Å². The summed E-state index contributed by atoms with van der Waals surface area (Å²) in [6.45, 7) is 4.08. The summed E-state index contributed by atoms with van der Waals surface area (Å²) in [5.74, 6) is -0.852. The number of carbonyl (C=O) groups is 1. The first-order valence-corrected chi connectivity index (χ1v) is 12.4. The Bertz CT molecular complexity index is 1430. The largest absolute Gasteiger partial charge is 0.476 e. The second kappa shape index (κ2) is 11.0. The summed E-state index contributed by atoms with van der Waals surface area (Å²) in [6, 6.07) is 13.5. The molecule has 0 aliphatic carbocycles. The van der Waals surface area contributed by atoms with Gasteiger partial charge in [0, 0.05) is 43.6 Å². The van der Waals surface area contributed by atoms with Crippen LogP contribution >= 0.6 is 0 Å². The van der Waals surface area contributed by atoms with Crippen molar-refractivity contribution in [3.8, 4) is 17.1 Å². The lowest BCUT2D eigenvalue weighted by Gasteiger charge is -2.28. The summed E-state index contributed by atoms with van der Waals surface area (Å²) in [6.07, 6.45) is 1.71. The van der Waals surface area contributed by atoms with Crippen LogP contribution in [0.3, 0.4) is 0 Å². The normalized spacial score (nSPS) is 13.7. The molecule has 198 valence electrons. The third-order valence-corrected chi connectivity index (χ3v) is 6.36. The van der Waals surface area contributed by atoms with E-state index in [9.17, 15) is 9.90 Å². The molecule has 1 saturated heterocycles. The van der Waals surface area contributed by atoms with E-state index >= 15 is 0 Å². The maximum absolute atomic E-state index is 12.3. The molecule has 0 saturated carbocycles. The number of aromatic carboxylic acids is 1. The molecule has 1 aliphatic heterocycles. The standard InChI is InChI=1S/C27H31N7O4/c1-32(2)11-16-38-26-23(20-5-4-6-21-22(20)28-17-33(21)3)30-24(27(35)36)25(31-26)29-18-7-9-19(10-8-18)34-12-14-37-15-13-34/h4-10,17H,11-16H2,1-3H3,(H,29,31)(H,35,36). The molecule has 2 aromatic carbocycles. The first-order chi connectivity index (χ1) is 18.4. The number of hydrogen-bond acceptors (Lipinski definition) is 9. The van der Waals surface area contributed by atoms with E-state index in [0.717, 1.165) is 24.3 Å². The highest BCUT2D eigenvalue weighted by atomic mass is 16.5. The van der Waals surface area contributed by atoms with Crippen molar-refractivity contribution >= 4 is 34.2 Å². The van der Waals surface area contributed by atoms with Crippen molar-refractivity contribution in [2.45, 2.75) is 0 Å². The Labute approximate surface area is 220 Å². The molecular formula is C27H31N7O4. The quantitative estimate of drug-likeness (QED) is 0.343. The molecule has 0 spiro atoms. The zero-order valence-electron chi connectivity index (χ0n) is 21.7. The van der Waals surface area contributed by atoms with E-state index in [1.807, 2.05) is 73.1 Å². The van der Waals surface area contributed by atoms with Gasteiger partial charge in [0.05, 0.1) is 30.6 Å². The van der Waals surface area contributed by atoms with Crippen molar-refractivity contribution in [3.05, 3.63) is 54.5 Å². The van der Waals surface area contributed by atoms with Gasteiger partial charge in [-0.15, -0.1) is 0 Å². The average molecular weight is 518 g/mol. The molecule has 1 aliphatic rings. The minimum absolute atomic E-state index is 0.105. The van der Waals surface area contributed by atoms with E-state index < -0.39 is 5.97 Å². The van der Waals surface area contributed by atoms with Gasteiger partial charge < -0.3 is 34.3 Å². The van der Waals surface area contributed by atoms with Gasteiger partial charge in [0.25, 0.3) is 0 Å². The van der Waals surface area contributed by atoms with Crippen LogP contribution in [-0.4, -0.2) is 89.0 Å². The Morgan fingerprint density at radius 2 is 1.89 bits per heavy atom. The lowest BCUT2D eigenvalue weighted by molar-refractivity contribution is 0.0691. The Balaban J connectivity index is 1.53. The van der Waals surface area contributed by atoms with Crippen LogP contribution in [0.4, 0.5) is 17.2 Å². The van der Waals surface area contributed by atoms with E-state index in [1.165, 1.54) is 0 Å². The average Bonchev–Trinajstić information content (AvgIpc) is 3.30. The molecule has 11 heteroatoms. The number of morpholine rings is 1. The number of nitrogens with one attached hydrogen (secondary N) is 1. The van der Waals surface area contributed by atoms with Crippen LogP contribution in [0.25, 0.3) is 22.3 Å². The van der Waals surface area contributed by atoms with Crippen LogP contribution in [0.5, 0.6) is 5.88 Å². The topological polar surface area (TPSA) is 118 Å². The summed E-state index contributed by atoms with van der Waals surface area (Å²) >= 11 is 0. The molecule has 1 fully saturated rings. The number of hydrogen-bond donors (Lipinski definition) is 2. The summed E-state index contributed by atoms with van der Waals surface area (Å²) in [7, 11) is 5.80. The predicted octanol–water partition coefficient (Wildman–Crippen LogP) is 3.25. The second-order valence-electron chi connectivity index (χ2n) is 9.33. The van der Waals surface area contributed by atoms with Crippen molar-refractivity contribution in [1.29, 1.82) is 0 Å². The van der Waals surface area contributed by atoms with Gasteiger partial charge in [0.1, 0.15) is 12.3 Å². The van der Waals surface area contributed by atoms with Crippen molar-refractivity contribution in [2.75, 3.05) is 63.8 Å². The number of fused-ring (bicyclic) bond motifs is 1. The van der Waals surface area contributed by atoms with Crippen LogP contribution in [0.15, 0.2) is 48.8 Å². The molecule has 2 N–H and O–H groups in total. The van der Waals surface area contributed by atoms with Crippen molar-refractivity contribution in [1.82, 2.24) is 24.4 Å². The number of anilines is 3. The Hall–Kier alpha value is -4.22. The number of likely N-dealkylation sites (N-methyl/N-ethyl adjacent to an activating group) is 1. The first kappa shape index (κ1) is 25.4. The molecule has 0 bridgehead atoms. The Kier molecular flexibility index (Phi) is 7.38. The summed E-state index contributed by atoms with van der Waals surface area (Å²) in [5.41, 5.74) is 4.14. The van der Waals surface area contributed by atoms with E-state index in [1.54, 1.807) is 6.33 Å². The van der Waals surface area contributed by atoms with Crippen LogP contribution in [0, 0.1) is 0 Å². The lowest BCUT2D eigenvalue weighted by Crippen LogP contribution is -2.36. The van der Waals surface area contributed by atoms with Crippen LogP contribution in [0.1, 0.15) is 10.5 Å². The van der Waals surface area contributed by atoms with Crippen molar-refractivity contribution < 1.29 is 19.4 Å². The lowest BCUT2D eigenvalue weighted by atomic mass is 10.1. The SMILES string of the molecule is CN(C)CCOc1nc(Nc2ccc(N3CCOCC3)cc2)c(C(=O)O)nc1-c1cccc2c1ncn2C. The number of carboxylic acids is 1. The number of aryl methyl sites for hydroxylation is 1. The van der Waals surface area contributed by atoms with E-state index in [0.29, 0.717) is 48.8 Å². The predicted molar refractivity (Wildman–Crippen MR) is 146 cm³/mol. The van der Waals surface area contributed by atoms with Crippen LogP contribution in [0.2, 0.25) is 0 Å². The van der Waals surface area contributed by atoms with Gasteiger partial charge in [0.2, 0.25) is 5.88 Å². The fraction of sp³-hybridized carbons (Fsp3) is 0.333. The van der Waals surface area contributed by atoms with Gasteiger partial charge >= 0.3 is 5.97 Å². The van der Waals surface area contributed by atoms with Crippen LogP contribution < -0.4 is 15.0 Å². The minimum Gasteiger partial charge on any atom is -0.476 e. The molecule has 0 radical (unpaired) electrons. The maximum Gasteiger partial charge on any atom is 0.358 e. The molecule has 38 heavy (non-hydrogen) atoms. The molecule has 0 unspecified atom stereocenters. The number of benzene rings is 2. The van der Waals surface area contributed by atoms with Gasteiger partial charge in [0.15, 0.2) is 11.5 Å². The zero-order chi connectivity index (χ0) is 26.6. The maximum atomic E-state index is 12.3. The molecule has 0 atom stereocenters. The smallest absolute Gasteiger partial charge is 0.358 e. The number of rotatable bonds is 9. The summed E-state index contributed by atoms with van der Waals surface area (Å²) < 4.78 is 13.4. The second-order valence-corrected chi connectivity index (χ2v) is 9.33. The van der Waals surface area contributed by atoms with E-state index in [2.05, 4.69) is 25.2 Å². The molecular weight excluding hydrogens is 486 g/mol. The van der Waals surface area contributed by atoms with Crippen molar-refractivity contribution in [3.63, 3.8) is 0 Å². The number of nitrogens with zero attached hydrogens (tertiary/aromatic N) is 6. The van der Waals surface area contributed by atoms with Gasteiger partial charge in [-0.3, -0.25) is 0 Å². The third kappa shape index (κ3) is 5.38. The zero-order valence-corrected chi connectivity index (χ0v) is 21.7. The molecule has 5 rings (SSSR count). The molecule has 4 aromatic rings. The summed E-state index contributed by atoms with van der Waals surface area (Å²) in [5, 5.41) is 13.2. The molecule has 2 aromatic heterocycles. The number of carboxylic acid groups (broad SMARTS) is 1. The number of imidazole rings is 1. The number of aromatic nitrogens is 4. The highest BCUT2D eigenvalue weighted by molar-refractivity contribution is 5.96. The van der Waals surface area contributed by atoms with Crippen molar-refractivity contribution in [2.24, 2.45) is 7.05 Å². The molecule has 11 nitrogen and oxygen atoms in total. The molecule has 0 amide bonds. The van der Waals surface area contributed by atoms with Gasteiger partial charge in [-0.05, 0) is 44.4 Å². The highest BCUT2D eigenvalue weighted by Gasteiger charge is 2.23. The minimum atomic E-state index is -1.20. The monoisotopic (exact) mass is 517 g/mol. The Morgan fingerprint density at radius 3 is 2.61 bits per heavy atom. The van der Waals surface area contributed by atoms with E-state index in [-0.39, 0.29) is 17.4 Å². The van der Waals surface area contributed by atoms with Gasteiger partial charge in [-0.2, -0.15) is 4.98 Å². The molecule has 3 heterocycles. The highest BCUT2D eigenvalue weighted by Crippen LogP contribution is 2.34. The third-order valence-electron chi connectivity index (χ3n) is 6.36. The van der Waals surface area contributed by atoms with Gasteiger partial charge in [-0.25, -0.2) is 14.8 Å². The number of para-hydroxylation sites is 1. The fourth-order valence-electron chi connectivity index (χ4n) is 4.32. The fourth-order valence-corrected chi connectivity index (χ4v) is 4.32. The van der Waals surface area contributed by atoms with E-state index in [4.69, 9.17) is 9.47 Å². The number of ether oxygens (including phenoxy) is 2. The van der Waals surface area contributed by atoms with Gasteiger partial charge in [-0.1, -0.05) is 12.1 Å². The Morgan fingerprint density at radius 1 is 1.13 bits per heavy atom.